The average molecular weight is 287 g/mol. The summed E-state index contributed by atoms with van der Waals surface area (Å²) < 4.78 is 5.13. The molecule has 0 atom stereocenters. The maximum atomic E-state index is 12.0. The van der Waals surface area contributed by atoms with Crippen LogP contribution in [0.3, 0.4) is 0 Å². The number of rotatable bonds is 6. The molecule has 0 aliphatic rings. The Morgan fingerprint density at radius 3 is 2.16 bits per heavy atom. The second-order valence-electron chi connectivity index (χ2n) is 4.01. The maximum absolute atomic E-state index is 12.0. The standard InChI is InChI=1S/C14H20ClNO2.H3N/c1-4-11-7-6-8-12(5-2)14(11)16(10-18-3)13(17)9-15;/h6-8H,4-5,9-10H2,1-3H3;1H3. The first-order chi connectivity index (χ1) is 8.69. The smallest absolute Gasteiger partial charge is 0.243 e. The van der Waals surface area contributed by atoms with Crippen LogP contribution in [0.2, 0.25) is 0 Å². The van der Waals surface area contributed by atoms with Crippen molar-refractivity contribution in [3.8, 4) is 0 Å². The van der Waals surface area contributed by atoms with Crippen LogP contribution in [0.5, 0.6) is 0 Å². The van der Waals surface area contributed by atoms with Gasteiger partial charge in [-0.1, -0.05) is 32.0 Å². The van der Waals surface area contributed by atoms with Crippen molar-refractivity contribution < 1.29 is 9.53 Å². The number of methoxy groups -OCH3 is 1. The number of nitrogens with zero attached hydrogens (tertiary/aromatic N) is 1. The lowest BCUT2D eigenvalue weighted by Gasteiger charge is -2.26. The fourth-order valence-corrected chi connectivity index (χ4v) is 2.17. The molecule has 0 saturated carbocycles. The van der Waals surface area contributed by atoms with E-state index < -0.39 is 0 Å². The van der Waals surface area contributed by atoms with Crippen molar-refractivity contribution in [2.45, 2.75) is 26.7 Å². The van der Waals surface area contributed by atoms with Gasteiger partial charge in [0.25, 0.3) is 0 Å². The van der Waals surface area contributed by atoms with E-state index in [1.165, 1.54) is 0 Å². The van der Waals surface area contributed by atoms with Gasteiger partial charge < -0.3 is 10.9 Å². The van der Waals surface area contributed by atoms with E-state index in [-0.39, 0.29) is 24.7 Å². The van der Waals surface area contributed by atoms with E-state index in [9.17, 15) is 4.79 Å². The summed E-state index contributed by atoms with van der Waals surface area (Å²) in [6.45, 7) is 4.39. The number of para-hydroxylation sites is 1. The Bertz CT molecular complexity index is 388. The molecular formula is C14H23ClN2O2. The van der Waals surface area contributed by atoms with Crippen molar-refractivity contribution in [1.82, 2.24) is 6.15 Å². The molecule has 0 saturated heterocycles. The minimum Gasteiger partial charge on any atom is -0.364 e. The number of hydrogen-bond acceptors (Lipinski definition) is 3. The van der Waals surface area contributed by atoms with Gasteiger partial charge in [-0.2, -0.15) is 0 Å². The zero-order valence-corrected chi connectivity index (χ0v) is 12.7. The summed E-state index contributed by atoms with van der Waals surface area (Å²) in [5.41, 5.74) is 3.24. The Balaban J connectivity index is 0.00000324. The molecule has 1 aromatic rings. The number of ether oxygens (including phenoxy) is 1. The summed E-state index contributed by atoms with van der Waals surface area (Å²) in [5.74, 6) is -0.168. The van der Waals surface area contributed by atoms with Crippen LogP contribution in [0.25, 0.3) is 0 Å². The number of alkyl halides is 1. The average Bonchev–Trinajstić information content (AvgIpc) is 2.43. The number of aryl methyl sites for hydroxylation is 2. The number of benzene rings is 1. The van der Waals surface area contributed by atoms with Crippen molar-refractivity contribution in [2.75, 3.05) is 24.6 Å². The monoisotopic (exact) mass is 286 g/mol. The van der Waals surface area contributed by atoms with Crippen LogP contribution in [-0.4, -0.2) is 25.6 Å². The first-order valence-corrected chi connectivity index (χ1v) is 6.69. The molecule has 5 heteroatoms. The molecule has 19 heavy (non-hydrogen) atoms. The third-order valence-corrected chi connectivity index (χ3v) is 3.14. The van der Waals surface area contributed by atoms with Crippen molar-refractivity contribution >= 4 is 23.2 Å². The van der Waals surface area contributed by atoms with Gasteiger partial charge in [0.2, 0.25) is 5.91 Å². The van der Waals surface area contributed by atoms with E-state index in [1.807, 2.05) is 18.2 Å². The second kappa shape index (κ2) is 8.91. The fourth-order valence-electron chi connectivity index (χ4n) is 2.02. The fraction of sp³-hybridized carbons (Fsp3) is 0.500. The summed E-state index contributed by atoms with van der Waals surface area (Å²) >= 11 is 5.68. The molecule has 0 fully saturated rings. The Morgan fingerprint density at radius 1 is 1.26 bits per heavy atom. The van der Waals surface area contributed by atoms with E-state index in [2.05, 4.69) is 13.8 Å². The highest BCUT2D eigenvalue weighted by molar-refractivity contribution is 6.29. The predicted molar refractivity (Wildman–Crippen MR) is 80.3 cm³/mol. The summed E-state index contributed by atoms with van der Waals surface area (Å²) in [7, 11) is 1.58. The van der Waals surface area contributed by atoms with Crippen LogP contribution in [0.1, 0.15) is 25.0 Å². The van der Waals surface area contributed by atoms with Crippen molar-refractivity contribution in [2.24, 2.45) is 0 Å². The maximum Gasteiger partial charge on any atom is 0.243 e. The highest BCUT2D eigenvalue weighted by atomic mass is 35.5. The van der Waals surface area contributed by atoms with Gasteiger partial charge in [-0.3, -0.25) is 9.69 Å². The Labute approximate surface area is 120 Å². The first kappa shape index (κ1) is 17.9. The molecule has 108 valence electrons. The van der Waals surface area contributed by atoms with Gasteiger partial charge in [0.1, 0.15) is 12.6 Å². The van der Waals surface area contributed by atoms with E-state index in [4.69, 9.17) is 16.3 Å². The molecule has 4 nitrogen and oxygen atoms in total. The van der Waals surface area contributed by atoms with Crippen LogP contribution in [0, 0.1) is 0 Å². The van der Waals surface area contributed by atoms with E-state index in [0.29, 0.717) is 0 Å². The SMILES string of the molecule is CCc1cccc(CC)c1N(COC)C(=O)CCl.N. The number of hydrogen-bond donors (Lipinski definition) is 1. The third-order valence-electron chi connectivity index (χ3n) is 2.91. The summed E-state index contributed by atoms with van der Waals surface area (Å²) in [5, 5.41) is 0. The van der Waals surface area contributed by atoms with Crippen molar-refractivity contribution in [1.29, 1.82) is 0 Å². The zero-order chi connectivity index (χ0) is 13.5. The van der Waals surface area contributed by atoms with Crippen LogP contribution < -0.4 is 11.1 Å². The highest BCUT2D eigenvalue weighted by Gasteiger charge is 2.19. The first-order valence-electron chi connectivity index (χ1n) is 6.15. The third kappa shape index (κ3) is 4.20. The summed E-state index contributed by atoms with van der Waals surface area (Å²) in [6.07, 6.45) is 1.75. The van der Waals surface area contributed by atoms with Gasteiger partial charge in [-0.15, -0.1) is 11.6 Å². The molecule has 0 bridgehead atoms. The molecule has 0 spiro atoms. The molecule has 1 rings (SSSR count). The molecule has 0 aliphatic carbocycles. The van der Waals surface area contributed by atoms with E-state index in [1.54, 1.807) is 12.0 Å². The van der Waals surface area contributed by atoms with Crippen LogP contribution >= 0.6 is 11.6 Å². The highest BCUT2D eigenvalue weighted by Crippen LogP contribution is 2.27. The van der Waals surface area contributed by atoms with Crippen molar-refractivity contribution in [3.05, 3.63) is 29.3 Å². The number of anilines is 1. The number of carbonyl (C=O) groups excluding carboxylic acids is 1. The minimum atomic E-state index is -0.130. The van der Waals surface area contributed by atoms with Crippen molar-refractivity contribution in [3.63, 3.8) is 0 Å². The van der Waals surface area contributed by atoms with Gasteiger partial charge in [0.05, 0.1) is 5.69 Å². The normalized spacial score (nSPS) is 9.89. The van der Waals surface area contributed by atoms with Crippen LogP contribution in [0.4, 0.5) is 5.69 Å². The lowest BCUT2D eigenvalue weighted by Crippen LogP contribution is -2.35. The van der Waals surface area contributed by atoms with Crippen LogP contribution in [-0.2, 0) is 22.4 Å². The van der Waals surface area contributed by atoms with Gasteiger partial charge in [-0.05, 0) is 24.0 Å². The van der Waals surface area contributed by atoms with E-state index in [0.717, 1.165) is 29.7 Å². The lowest BCUT2D eigenvalue weighted by atomic mass is 10.0. The number of carbonyl (C=O) groups is 1. The molecule has 0 heterocycles. The van der Waals surface area contributed by atoms with Gasteiger partial charge in [0, 0.05) is 7.11 Å². The molecule has 0 radical (unpaired) electrons. The Hall–Kier alpha value is -1.10. The molecule has 0 aromatic heterocycles. The quantitative estimate of drug-likeness (QED) is 0.645. The Morgan fingerprint density at radius 2 is 1.79 bits per heavy atom. The molecule has 0 unspecified atom stereocenters. The zero-order valence-electron chi connectivity index (χ0n) is 11.9. The Kier molecular flexibility index (Phi) is 8.39. The van der Waals surface area contributed by atoms with Gasteiger partial charge in [-0.25, -0.2) is 0 Å². The summed E-state index contributed by atoms with van der Waals surface area (Å²) in [6, 6.07) is 6.11. The largest absolute Gasteiger partial charge is 0.364 e. The molecule has 3 N–H and O–H groups in total. The van der Waals surface area contributed by atoms with Gasteiger partial charge >= 0.3 is 0 Å². The topological polar surface area (TPSA) is 64.5 Å². The number of halogens is 1. The molecule has 0 aliphatic heterocycles. The number of amides is 1. The second-order valence-corrected chi connectivity index (χ2v) is 4.27. The van der Waals surface area contributed by atoms with E-state index >= 15 is 0 Å². The lowest BCUT2D eigenvalue weighted by molar-refractivity contribution is -0.117. The predicted octanol–water partition coefficient (Wildman–Crippen LogP) is 3.15. The van der Waals surface area contributed by atoms with Gasteiger partial charge in [0.15, 0.2) is 0 Å². The molecule has 1 amide bonds. The minimum absolute atomic E-state index is 0. The molecule has 1 aromatic carbocycles. The van der Waals surface area contributed by atoms with Crippen LogP contribution in [0.15, 0.2) is 18.2 Å². The summed E-state index contributed by atoms with van der Waals surface area (Å²) in [4.78, 5) is 13.6. The molecular weight excluding hydrogens is 264 g/mol.